The van der Waals surface area contributed by atoms with Crippen molar-refractivity contribution in [1.29, 1.82) is 0 Å². The van der Waals surface area contributed by atoms with Gasteiger partial charge >= 0.3 is 6.18 Å². The molecule has 4 nitrogen and oxygen atoms in total. The molecule has 0 bridgehead atoms. The minimum absolute atomic E-state index is 0.0235. The van der Waals surface area contributed by atoms with Gasteiger partial charge in [0.15, 0.2) is 0 Å². The van der Waals surface area contributed by atoms with E-state index in [2.05, 4.69) is 4.98 Å². The Bertz CT molecular complexity index is 833. The van der Waals surface area contributed by atoms with Crippen molar-refractivity contribution >= 4 is 10.1 Å². The fraction of sp³-hybridized carbons (Fsp3) is 0.312. The lowest BCUT2D eigenvalue weighted by Gasteiger charge is -2.09. The van der Waals surface area contributed by atoms with Crippen LogP contribution in [0.4, 0.5) is 13.2 Å². The van der Waals surface area contributed by atoms with Gasteiger partial charge < -0.3 is 0 Å². The molecule has 0 spiro atoms. The first kappa shape index (κ1) is 18.4. The molecule has 0 saturated heterocycles. The van der Waals surface area contributed by atoms with E-state index in [0.717, 1.165) is 23.4 Å². The van der Waals surface area contributed by atoms with Gasteiger partial charge in [-0.1, -0.05) is 6.07 Å². The number of halogens is 3. The number of rotatable bonds is 5. The molecule has 1 aromatic carbocycles. The molecule has 0 aliphatic heterocycles. The number of alkyl halides is 3. The topological polar surface area (TPSA) is 56.3 Å². The highest BCUT2D eigenvalue weighted by Gasteiger charge is 2.32. The minimum atomic E-state index is -4.54. The summed E-state index contributed by atoms with van der Waals surface area (Å²) in [5, 5.41) is 0. The van der Waals surface area contributed by atoms with E-state index in [1.807, 2.05) is 6.92 Å². The molecule has 0 radical (unpaired) electrons. The fourth-order valence-corrected chi connectivity index (χ4v) is 2.99. The molecule has 1 aromatic heterocycles. The van der Waals surface area contributed by atoms with Crippen LogP contribution in [-0.4, -0.2) is 20.0 Å². The first-order valence-corrected chi connectivity index (χ1v) is 8.49. The number of hydrogen-bond donors (Lipinski definition) is 0. The lowest BCUT2D eigenvalue weighted by Crippen LogP contribution is -2.11. The molecule has 0 atom stereocenters. The third-order valence-electron chi connectivity index (χ3n) is 3.51. The molecule has 0 N–H and O–H groups in total. The first-order valence-electron chi connectivity index (χ1n) is 7.08. The van der Waals surface area contributed by atoms with E-state index in [4.69, 9.17) is 4.18 Å². The monoisotopic (exact) mass is 359 g/mol. The number of benzene rings is 1. The third kappa shape index (κ3) is 4.55. The zero-order valence-electron chi connectivity index (χ0n) is 13.1. The van der Waals surface area contributed by atoms with Crippen molar-refractivity contribution in [2.75, 3.05) is 6.61 Å². The predicted molar refractivity (Wildman–Crippen MR) is 82.0 cm³/mol. The van der Waals surface area contributed by atoms with Crippen LogP contribution in [-0.2, 0) is 26.9 Å². The lowest BCUT2D eigenvalue weighted by atomic mass is 10.1. The average molecular weight is 359 g/mol. The van der Waals surface area contributed by atoms with Gasteiger partial charge in [0.2, 0.25) is 0 Å². The second-order valence-electron chi connectivity index (χ2n) is 5.32. The van der Waals surface area contributed by atoms with Gasteiger partial charge in [-0.15, -0.1) is 0 Å². The van der Waals surface area contributed by atoms with Crippen LogP contribution in [0, 0.1) is 13.8 Å². The Labute approximate surface area is 138 Å². The Hall–Kier alpha value is -1.93. The van der Waals surface area contributed by atoms with Crippen molar-refractivity contribution in [3.8, 4) is 0 Å². The third-order valence-corrected chi connectivity index (χ3v) is 4.82. The van der Waals surface area contributed by atoms with Crippen LogP contribution in [0.5, 0.6) is 0 Å². The highest BCUT2D eigenvalue weighted by Crippen LogP contribution is 2.27. The SMILES string of the molecule is Cc1ccc(S(=O)(=O)OCCc2ccnc(C(F)(F)F)c2)cc1C. The molecule has 1 heterocycles. The summed E-state index contributed by atoms with van der Waals surface area (Å²) in [5.74, 6) is 0. The number of hydrogen-bond acceptors (Lipinski definition) is 4. The molecule has 24 heavy (non-hydrogen) atoms. The van der Waals surface area contributed by atoms with Crippen LogP contribution in [0.2, 0.25) is 0 Å². The van der Waals surface area contributed by atoms with Gasteiger partial charge in [0.1, 0.15) is 5.69 Å². The van der Waals surface area contributed by atoms with Gasteiger partial charge in [-0.2, -0.15) is 21.6 Å². The van der Waals surface area contributed by atoms with Crippen LogP contribution in [0.15, 0.2) is 41.4 Å². The van der Waals surface area contributed by atoms with Gasteiger partial charge in [-0.05, 0) is 61.2 Å². The van der Waals surface area contributed by atoms with Gasteiger partial charge in [0.05, 0.1) is 11.5 Å². The van der Waals surface area contributed by atoms with Crippen LogP contribution in [0.3, 0.4) is 0 Å². The van der Waals surface area contributed by atoms with Crippen LogP contribution < -0.4 is 0 Å². The van der Waals surface area contributed by atoms with Crippen LogP contribution >= 0.6 is 0 Å². The molecule has 0 aliphatic carbocycles. The zero-order chi connectivity index (χ0) is 18.0. The second kappa shape index (κ2) is 6.90. The predicted octanol–water partition coefficient (Wildman–Crippen LogP) is 3.67. The quantitative estimate of drug-likeness (QED) is 0.765. The van der Waals surface area contributed by atoms with Crippen molar-refractivity contribution in [1.82, 2.24) is 4.98 Å². The summed E-state index contributed by atoms with van der Waals surface area (Å²) in [7, 11) is -3.95. The van der Waals surface area contributed by atoms with E-state index in [0.29, 0.717) is 5.56 Å². The molecule has 0 saturated carbocycles. The summed E-state index contributed by atoms with van der Waals surface area (Å²) in [6, 6.07) is 6.88. The van der Waals surface area contributed by atoms with Crippen molar-refractivity contribution < 1.29 is 25.8 Å². The molecular weight excluding hydrogens is 343 g/mol. The number of pyridine rings is 1. The first-order chi connectivity index (χ1) is 11.1. The van der Waals surface area contributed by atoms with Gasteiger partial charge in [0, 0.05) is 6.20 Å². The molecule has 8 heteroatoms. The summed E-state index contributed by atoms with van der Waals surface area (Å²) in [6.07, 6.45) is -3.48. The smallest absolute Gasteiger partial charge is 0.266 e. The van der Waals surface area contributed by atoms with E-state index in [-0.39, 0.29) is 17.9 Å². The van der Waals surface area contributed by atoms with Crippen molar-refractivity contribution in [2.45, 2.75) is 31.3 Å². The number of aryl methyl sites for hydroxylation is 2. The highest BCUT2D eigenvalue weighted by atomic mass is 32.2. The Morgan fingerprint density at radius 3 is 2.42 bits per heavy atom. The summed E-state index contributed by atoms with van der Waals surface area (Å²) >= 11 is 0. The largest absolute Gasteiger partial charge is 0.433 e. The van der Waals surface area contributed by atoms with E-state index in [1.54, 1.807) is 13.0 Å². The van der Waals surface area contributed by atoms with Crippen LogP contribution in [0.1, 0.15) is 22.4 Å². The van der Waals surface area contributed by atoms with Gasteiger partial charge in [-0.25, -0.2) is 0 Å². The molecule has 0 unspecified atom stereocenters. The summed E-state index contributed by atoms with van der Waals surface area (Å²) in [4.78, 5) is 3.27. The molecule has 130 valence electrons. The Kier molecular flexibility index (Phi) is 5.29. The normalized spacial score (nSPS) is 12.4. The maximum atomic E-state index is 12.6. The standard InChI is InChI=1S/C16H16F3NO3S/c1-11-3-4-14(9-12(11)2)24(21,22)23-8-6-13-5-7-20-15(10-13)16(17,18)19/h3-5,7,9-10H,6,8H2,1-2H3. The van der Waals surface area contributed by atoms with Crippen molar-refractivity contribution in [2.24, 2.45) is 0 Å². The van der Waals surface area contributed by atoms with Gasteiger partial charge in [-0.3, -0.25) is 9.17 Å². The van der Waals surface area contributed by atoms with Gasteiger partial charge in [0.25, 0.3) is 10.1 Å². The zero-order valence-corrected chi connectivity index (χ0v) is 13.9. The Morgan fingerprint density at radius 1 is 1.08 bits per heavy atom. The number of nitrogens with zero attached hydrogens (tertiary/aromatic N) is 1. The molecule has 0 fully saturated rings. The molecular formula is C16H16F3NO3S. The van der Waals surface area contributed by atoms with Crippen molar-refractivity contribution in [3.63, 3.8) is 0 Å². The lowest BCUT2D eigenvalue weighted by molar-refractivity contribution is -0.141. The van der Waals surface area contributed by atoms with E-state index in [1.165, 1.54) is 18.2 Å². The van der Waals surface area contributed by atoms with Crippen LogP contribution in [0.25, 0.3) is 0 Å². The maximum absolute atomic E-state index is 12.6. The molecule has 2 rings (SSSR count). The average Bonchev–Trinajstić information content (AvgIpc) is 2.49. The summed E-state index contributed by atoms with van der Waals surface area (Å²) in [5.41, 5.74) is 1.04. The maximum Gasteiger partial charge on any atom is 0.433 e. The minimum Gasteiger partial charge on any atom is -0.266 e. The highest BCUT2D eigenvalue weighted by molar-refractivity contribution is 7.86. The second-order valence-corrected chi connectivity index (χ2v) is 6.93. The Morgan fingerprint density at radius 2 is 1.79 bits per heavy atom. The molecule has 0 amide bonds. The Balaban J connectivity index is 2.04. The molecule has 2 aromatic rings. The van der Waals surface area contributed by atoms with Crippen molar-refractivity contribution in [3.05, 3.63) is 58.9 Å². The number of aromatic nitrogens is 1. The van der Waals surface area contributed by atoms with E-state index >= 15 is 0 Å². The molecule has 0 aliphatic rings. The summed E-state index contributed by atoms with van der Waals surface area (Å²) in [6.45, 7) is 3.38. The van der Waals surface area contributed by atoms with E-state index < -0.39 is 22.0 Å². The summed E-state index contributed by atoms with van der Waals surface area (Å²) < 4.78 is 66.8. The van der Waals surface area contributed by atoms with E-state index in [9.17, 15) is 21.6 Å². The fourth-order valence-electron chi connectivity index (χ4n) is 1.99.